The van der Waals surface area contributed by atoms with Crippen molar-refractivity contribution in [3.8, 4) is 0 Å². The number of hydrogen-bond acceptors (Lipinski definition) is 2. The van der Waals surface area contributed by atoms with Crippen LogP contribution in [0.1, 0.15) is 22.3 Å². The average molecular weight is 773 g/mol. The van der Waals surface area contributed by atoms with Gasteiger partial charge in [-0.1, -0.05) is 48.5 Å². The van der Waals surface area contributed by atoms with Crippen molar-refractivity contribution < 1.29 is 30.7 Å². The van der Waals surface area contributed by atoms with Crippen LogP contribution in [0, 0.1) is 14.3 Å². The summed E-state index contributed by atoms with van der Waals surface area (Å²) in [6.07, 6.45) is 0. The molecule has 4 aromatic rings. The van der Waals surface area contributed by atoms with E-state index in [1.54, 1.807) is 0 Å². The number of rotatable bonds is 10. The average Bonchev–Trinajstić information content (AvgIpc) is 2.84. The van der Waals surface area contributed by atoms with Gasteiger partial charge in [-0.05, 0) is 116 Å². The normalized spacial score (nSPS) is 11.0. The smallest absolute Gasteiger partial charge is 0.357 e. The standard InChI is InChI=1S/C28H24I3O2/c29-25-9-1-21(2-10-25)17-32-19-23-5-13-27(14-6-23)31-28-15-7-24(8-16-28)20-33-18-22-3-11-26(30)12-4-22/h1-16H,17-20H2/q+1. The van der Waals surface area contributed by atoms with Crippen LogP contribution in [0.25, 0.3) is 0 Å². The fourth-order valence-corrected chi connectivity index (χ4v) is 6.02. The van der Waals surface area contributed by atoms with Gasteiger partial charge in [0, 0.05) is 7.14 Å². The van der Waals surface area contributed by atoms with E-state index in [1.807, 2.05) is 0 Å². The van der Waals surface area contributed by atoms with Gasteiger partial charge in [0.15, 0.2) is 7.14 Å². The molecule has 0 aliphatic carbocycles. The Morgan fingerprint density at radius 2 is 0.697 bits per heavy atom. The van der Waals surface area contributed by atoms with E-state index >= 15 is 0 Å². The predicted molar refractivity (Wildman–Crippen MR) is 146 cm³/mol. The first-order valence-electron chi connectivity index (χ1n) is 10.6. The highest BCUT2D eigenvalue weighted by atomic mass is 127. The Hall–Kier alpha value is -1.01. The van der Waals surface area contributed by atoms with Gasteiger partial charge in [-0.3, -0.25) is 0 Å². The van der Waals surface area contributed by atoms with E-state index in [0.717, 1.165) is 0 Å². The molecule has 0 amide bonds. The summed E-state index contributed by atoms with van der Waals surface area (Å²) in [5.74, 6) is 0. The molecule has 0 radical (unpaired) electrons. The van der Waals surface area contributed by atoms with Crippen LogP contribution < -0.4 is 21.2 Å². The van der Waals surface area contributed by atoms with Crippen molar-refractivity contribution in [2.45, 2.75) is 26.4 Å². The van der Waals surface area contributed by atoms with E-state index in [0.29, 0.717) is 26.4 Å². The summed E-state index contributed by atoms with van der Waals surface area (Å²) in [5, 5.41) is 0. The van der Waals surface area contributed by atoms with E-state index < -0.39 is 0 Å². The van der Waals surface area contributed by atoms with E-state index in [9.17, 15) is 0 Å². The Balaban J connectivity index is 1.20. The molecule has 4 aromatic carbocycles. The van der Waals surface area contributed by atoms with E-state index in [2.05, 4.69) is 142 Å². The second-order valence-electron chi connectivity index (χ2n) is 7.59. The van der Waals surface area contributed by atoms with Gasteiger partial charge in [0.05, 0.1) is 26.4 Å². The van der Waals surface area contributed by atoms with Crippen molar-refractivity contribution in [1.82, 2.24) is 0 Å². The van der Waals surface area contributed by atoms with Crippen LogP contribution in [0.15, 0.2) is 97.1 Å². The maximum Gasteiger partial charge on any atom is 0.357 e. The van der Waals surface area contributed by atoms with Crippen molar-refractivity contribution >= 4 is 45.2 Å². The molecule has 0 aliphatic rings. The molecule has 0 N–H and O–H groups in total. The third kappa shape index (κ3) is 8.61. The molecule has 0 aliphatic heterocycles. The van der Waals surface area contributed by atoms with Crippen molar-refractivity contribution in [3.63, 3.8) is 0 Å². The lowest BCUT2D eigenvalue weighted by molar-refractivity contribution is -0.597. The molecule has 33 heavy (non-hydrogen) atoms. The summed E-state index contributed by atoms with van der Waals surface area (Å²) >= 11 is 4.45. The summed E-state index contributed by atoms with van der Waals surface area (Å²) in [7, 11) is 0. The van der Waals surface area contributed by atoms with Crippen molar-refractivity contribution in [1.29, 1.82) is 0 Å². The van der Waals surface area contributed by atoms with Gasteiger partial charge in [0.1, 0.15) is 0 Å². The minimum atomic E-state index is -0.187. The molecule has 2 nitrogen and oxygen atoms in total. The molecule has 0 fully saturated rings. The molecule has 0 atom stereocenters. The van der Waals surface area contributed by atoms with Crippen molar-refractivity contribution in [3.05, 3.63) is 134 Å². The second-order valence-corrected chi connectivity index (χ2v) is 13.1. The van der Waals surface area contributed by atoms with Crippen LogP contribution in [0.4, 0.5) is 0 Å². The highest BCUT2D eigenvalue weighted by Crippen LogP contribution is 2.11. The van der Waals surface area contributed by atoms with Gasteiger partial charge in [-0.25, -0.2) is 0 Å². The SMILES string of the molecule is Ic1ccc(COCc2ccc([I+]c3ccc(COCc4ccc(I)cc4)cc3)cc2)cc1. The van der Waals surface area contributed by atoms with Crippen LogP contribution in [0.5, 0.6) is 0 Å². The molecule has 0 spiro atoms. The number of benzene rings is 4. The van der Waals surface area contributed by atoms with Crippen LogP contribution in [0.3, 0.4) is 0 Å². The minimum Gasteiger partial charge on any atom is -0.372 e. The fourth-order valence-electron chi connectivity index (χ4n) is 3.15. The Labute approximate surface area is 233 Å². The Morgan fingerprint density at radius 1 is 0.424 bits per heavy atom. The lowest BCUT2D eigenvalue weighted by Gasteiger charge is -2.05. The topological polar surface area (TPSA) is 18.5 Å². The van der Waals surface area contributed by atoms with Gasteiger partial charge < -0.3 is 9.47 Å². The summed E-state index contributed by atoms with van der Waals surface area (Å²) in [6.45, 7) is 2.57. The molecule has 168 valence electrons. The van der Waals surface area contributed by atoms with Gasteiger partial charge in [-0.2, -0.15) is 0 Å². The molecule has 0 unspecified atom stereocenters. The first kappa shape index (κ1) is 25.1. The van der Waals surface area contributed by atoms with Gasteiger partial charge in [0.25, 0.3) is 0 Å². The summed E-state index contributed by atoms with van der Waals surface area (Å²) < 4.78 is 17.1. The van der Waals surface area contributed by atoms with Crippen LogP contribution in [-0.2, 0) is 35.9 Å². The third-order valence-corrected chi connectivity index (χ3v) is 9.07. The third-order valence-electron chi connectivity index (χ3n) is 4.95. The highest BCUT2D eigenvalue weighted by molar-refractivity contribution is 14.1. The monoisotopic (exact) mass is 773 g/mol. The van der Waals surface area contributed by atoms with E-state index in [-0.39, 0.29) is 21.2 Å². The quantitative estimate of drug-likeness (QED) is 0.222. The predicted octanol–water partition coefficient (Wildman–Crippen LogP) is 4.46. The van der Waals surface area contributed by atoms with E-state index in [4.69, 9.17) is 9.47 Å². The fraction of sp³-hybridized carbons (Fsp3) is 0.143. The first-order valence-corrected chi connectivity index (χ1v) is 14.9. The van der Waals surface area contributed by atoms with Crippen molar-refractivity contribution in [2.24, 2.45) is 0 Å². The lowest BCUT2D eigenvalue weighted by atomic mass is 10.2. The van der Waals surface area contributed by atoms with Gasteiger partial charge in [0.2, 0.25) is 0 Å². The second kappa shape index (κ2) is 13.2. The maximum atomic E-state index is 5.88. The zero-order chi connectivity index (χ0) is 22.9. The zero-order valence-corrected chi connectivity index (χ0v) is 24.5. The summed E-state index contributed by atoms with van der Waals surface area (Å²) in [4.78, 5) is 0. The largest absolute Gasteiger partial charge is 0.372 e. The molecule has 4 rings (SSSR count). The van der Waals surface area contributed by atoms with E-state index in [1.165, 1.54) is 36.5 Å². The molecule has 0 saturated carbocycles. The Morgan fingerprint density at radius 3 is 1.00 bits per heavy atom. The van der Waals surface area contributed by atoms with Crippen LogP contribution in [-0.4, -0.2) is 0 Å². The summed E-state index contributed by atoms with van der Waals surface area (Å²) in [5.41, 5.74) is 4.85. The van der Waals surface area contributed by atoms with Gasteiger partial charge >= 0.3 is 21.2 Å². The lowest BCUT2D eigenvalue weighted by Crippen LogP contribution is -3.61. The molecule has 0 bridgehead atoms. The van der Waals surface area contributed by atoms with Crippen LogP contribution >= 0.6 is 45.2 Å². The molecular formula is C28H24I3O2+. The maximum absolute atomic E-state index is 5.88. The molecule has 5 heteroatoms. The minimum absolute atomic E-state index is 0.187. The number of hydrogen-bond donors (Lipinski definition) is 0. The molecular weight excluding hydrogens is 749 g/mol. The number of halogens is 3. The molecule has 0 heterocycles. The summed E-state index contributed by atoms with van der Waals surface area (Å²) in [6, 6.07) is 34.7. The van der Waals surface area contributed by atoms with Crippen LogP contribution in [0.2, 0.25) is 0 Å². The molecule has 0 saturated heterocycles. The Bertz CT molecular complexity index is 1030. The zero-order valence-electron chi connectivity index (χ0n) is 18.0. The first-order chi connectivity index (χ1) is 16.1. The number of ether oxygens (including phenoxy) is 2. The van der Waals surface area contributed by atoms with Gasteiger partial charge in [-0.15, -0.1) is 0 Å². The Kier molecular flexibility index (Phi) is 10.0. The molecule has 0 aromatic heterocycles. The highest BCUT2D eigenvalue weighted by Gasteiger charge is 2.15. The van der Waals surface area contributed by atoms with Crippen molar-refractivity contribution in [2.75, 3.05) is 0 Å².